The van der Waals surface area contributed by atoms with E-state index in [0.29, 0.717) is 0 Å². The highest BCUT2D eigenvalue weighted by atomic mass is 32.1. The van der Waals surface area contributed by atoms with E-state index in [1.807, 2.05) is 0 Å². The van der Waals surface area contributed by atoms with E-state index in [9.17, 15) is 0 Å². The minimum atomic E-state index is 0.231. The smallest absolute Gasteiger partial charge is 0.277 e. The quantitative estimate of drug-likeness (QED) is 0.302. The maximum Gasteiger partial charge on any atom is 0.277 e. The number of nitrogens with zero attached hydrogens (tertiary/aromatic N) is 1. The number of ether oxygens (including phenoxy) is 1. The van der Waals surface area contributed by atoms with E-state index in [1.54, 1.807) is 0 Å². The normalized spacial score (nSPS) is 7.00. The monoisotopic (exact) mass is 118 g/mol. The number of hydrogen-bond acceptors (Lipinski definition) is 3. The summed E-state index contributed by atoms with van der Waals surface area (Å²) in [7, 11) is 1.46. The molecule has 0 unspecified atom stereocenters. The van der Waals surface area contributed by atoms with Crippen molar-refractivity contribution in [2.24, 2.45) is 5.10 Å². The Bertz CT molecular complexity index is 83.0. The lowest BCUT2D eigenvalue weighted by Crippen LogP contribution is -2.15. The molecule has 0 spiro atoms. The van der Waals surface area contributed by atoms with Gasteiger partial charge in [-0.15, -0.1) is 0 Å². The standard InChI is InChI=1S/C3H6N2OS/c1-4-5-3(7)6-2/h1H2,2H3,(H,5,7). The van der Waals surface area contributed by atoms with Crippen molar-refractivity contribution in [2.45, 2.75) is 0 Å². The van der Waals surface area contributed by atoms with E-state index < -0.39 is 0 Å². The summed E-state index contributed by atoms with van der Waals surface area (Å²) in [4.78, 5) is 0. The van der Waals surface area contributed by atoms with Gasteiger partial charge in [-0.05, 0) is 12.2 Å². The summed E-state index contributed by atoms with van der Waals surface area (Å²) < 4.78 is 4.48. The van der Waals surface area contributed by atoms with Gasteiger partial charge in [0.25, 0.3) is 5.17 Å². The van der Waals surface area contributed by atoms with E-state index in [-0.39, 0.29) is 5.17 Å². The molecule has 1 N–H and O–H groups in total. The first-order chi connectivity index (χ1) is 3.31. The second-order valence-corrected chi connectivity index (χ2v) is 1.13. The van der Waals surface area contributed by atoms with Crippen LogP contribution in [0, 0.1) is 0 Å². The van der Waals surface area contributed by atoms with Crippen LogP contribution >= 0.6 is 12.2 Å². The summed E-state index contributed by atoms with van der Waals surface area (Å²) in [5.41, 5.74) is 2.32. The van der Waals surface area contributed by atoms with Crippen LogP contribution in [0.1, 0.15) is 0 Å². The van der Waals surface area contributed by atoms with Gasteiger partial charge in [-0.1, -0.05) is 0 Å². The zero-order valence-electron chi connectivity index (χ0n) is 3.97. The Labute approximate surface area is 47.4 Å². The Kier molecular flexibility index (Phi) is 3.22. The summed E-state index contributed by atoms with van der Waals surface area (Å²) in [6.07, 6.45) is 0. The zero-order chi connectivity index (χ0) is 5.70. The van der Waals surface area contributed by atoms with E-state index >= 15 is 0 Å². The van der Waals surface area contributed by atoms with Crippen LogP contribution in [0.2, 0.25) is 0 Å². The third-order valence-corrected chi connectivity index (χ3v) is 0.614. The molecule has 0 rings (SSSR count). The molecule has 3 nitrogen and oxygen atoms in total. The SMILES string of the molecule is C=NNC(=S)OC. The first-order valence-electron chi connectivity index (χ1n) is 1.61. The minimum absolute atomic E-state index is 0.231. The summed E-state index contributed by atoms with van der Waals surface area (Å²) in [5, 5.41) is 3.47. The second-order valence-electron chi connectivity index (χ2n) is 0.761. The van der Waals surface area contributed by atoms with Crippen LogP contribution < -0.4 is 5.43 Å². The molecule has 0 saturated carbocycles. The van der Waals surface area contributed by atoms with Crippen molar-refractivity contribution in [3.8, 4) is 0 Å². The maximum absolute atomic E-state index is 4.49. The van der Waals surface area contributed by atoms with Crippen molar-refractivity contribution in [3.63, 3.8) is 0 Å². The number of thiocarbonyl (C=S) groups is 1. The summed E-state index contributed by atoms with van der Waals surface area (Å²) in [6, 6.07) is 0. The molecule has 0 atom stereocenters. The molecule has 0 aliphatic rings. The molecule has 0 aromatic rings. The van der Waals surface area contributed by atoms with Crippen LogP contribution in [0.5, 0.6) is 0 Å². The molecule has 4 heteroatoms. The molecule has 0 radical (unpaired) electrons. The minimum Gasteiger partial charge on any atom is -0.473 e. The van der Waals surface area contributed by atoms with Gasteiger partial charge in [-0.2, -0.15) is 5.10 Å². The van der Waals surface area contributed by atoms with Crippen molar-refractivity contribution in [2.75, 3.05) is 7.11 Å². The molecule has 0 aliphatic carbocycles. The molecule has 0 amide bonds. The van der Waals surface area contributed by atoms with Crippen LogP contribution in [0.25, 0.3) is 0 Å². The lowest BCUT2D eigenvalue weighted by Gasteiger charge is -1.95. The predicted molar refractivity (Wildman–Crippen MR) is 32.3 cm³/mol. The molecule has 0 aromatic carbocycles. The van der Waals surface area contributed by atoms with Gasteiger partial charge in [0.2, 0.25) is 0 Å². The van der Waals surface area contributed by atoms with Crippen LogP contribution in [0.15, 0.2) is 5.10 Å². The number of methoxy groups -OCH3 is 1. The van der Waals surface area contributed by atoms with Gasteiger partial charge >= 0.3 is 0 Å². The highest BCUT2D eigenvalue weighted by Crippen LogP contribution is 1.68. The summed E-state index contributed by atoms with van der Waals surface area (Å²) >= 11 is 4.49. The van der Waals surface area contributed by atoms with Gasteiger partial charge < -0.3 is 4.74 Å². The topological polar surface area (TPSA) is 33.6 Å². The molecule has 0 bridgehead atoms. The highest BCUT2D eigenvalue weighted by molar-refractivity contribution is 7.80. The lowest BCUT2D eigenvalue weighted by atomic mass is 11.3. The molecule has 0 saturated heterocycles. The van der Waals surface area contributed by atoms with Gasteiger partial charge in [0.1, 0.15) is 0 Å². The third kappa shape index (κ3) is 3.18. The second kappa shape index (κ2) is 3.55. The number of rotatable bonds is 1. The average Bonchev–Trinajstić information content (AvgIpc) is 1.68. The molecule has 0 fully saturated rings. The van der Waals surface area contributed by atoms with Gasteiger partial charge in [0, 0.05) is 6.72 Å². The molecule has 40 valence electrons. The van der Waals surface area contributed by atoms with Crippen LogP contribution in [-0.2, 0) is 4.74 Å². The van der Waals surface area contributed by atoms with Crippen molar-refractivity contribution in [3.05, 3.63) is 0 Å². The fourth-order valence-electron chi connectivity index (χ4n) is 0.110. The van der Waals surface area contributed by atoms with E-state index in [1.165, 1.54) is 7.11 Å². The fraction of sp³-hybridized carbons (Fsp3) is 0.333. The van der Waals surface area contributed by atoms with Gasteiger partial charge in [-0.3, -0.25) is 0 Å². The highest BCUT2D eigenvalue weighted by Gasteiger charge is 1.82. The van der Waals surface area contributed by atoms with Crippen LogP contribution in [0.4, 0.5) is 0 Å². The zero-order valence-corrected chi connectivity index (χ0v) is 4.79. The van der Waals surface area contributed by atoms with Crippen molar-refractivity contribution >= 4 is 24.1 Å². The third-order valence-electron chi connectivity index (χ3n) is 0.356. The van der Waals surface area contributed by atoms with Gasteiger partial charge in [0.15, 0.2) is 0 Å². The maximum atomic E-state index is 4.49. The number of hydrazone groups is 1. The first kappa shape index (κ1) is 6.36. The molecular formula is C3H6N2OS. The van der Waals surface area contributed by atoms with Gasteiger partial charge in [-0.25, -0.2) is 5.43 Å². The molecule has 0 aliphatic heterocycles. The summed E-state index contributed by atoms with van der Waals surface area (Å²) in [5.74, 6) is 0. The number of nitrogens with one attached hydrogen (secondary N) is 1. The Morgan fingerprint density at radius 1 is 2.00 bits per heavy atom. The lowest BCUT2D eigenvalue weighted by molar-refractivity contribution is 0.395. The van der Waals surface area contributed by atoms with Crippen LogP contribution in [0.3, 0.4) is 0 Å². The molecule has 0 aromatic heterocycles. The largest absolute Gasteiger partial charge is 0.473 e. The number of hydrogen-bond donors (Lipinski definition) is 1. The first-order valence-corrected chi connectivity index (χ1v) is 2.01. The van der Waals surface area contributed by atoms with Crippen molar-refractivity contribution in [1.82, 2.24) is 5.43 Å². The van der Waals surface area contributed by atoms with Gasteiger partial charge in [0.05, 0.1) is 7.11 Å². The predicted octanol–water partition coefficient (Wildman–Crippen LogP) is 0.123. The van der Waals surface area contributed by atoms with E-state index in [0.717, 1.165) is 0 Å². The summed E-state index contributed by atoms with van der Waals surface area (Å²) in [6.45, 7) is 3.12. The van der Waals surface area contributed by atoms with Crippen molar-refractivity contribution < 1.29 is 4.74 Å². The average molecular weight is 118 g/mol. The Balaban J connectivity index is 3.17. The van der Waals surface area contributed by atoms with E-state index in [4.69, 9.17) is 0 Å². The van der Waals surface area contributed by atoms with E-state index in [2.05, 4.69) is 34.2 Å². The fourth-order valence-corrected chi connectivity index (χ4v) is 0.175. The Morgan fingerprint density at radius 2 is 2.57 bits per heavy atom. The molecule has 0 heterocycles. The van der Waals surface area contributed by atoms with Crippen LogP contribution in [-0.4, -0.2) is 19.0 Å². The Morgan fingerprint density at radius 3 is 2.71 bits per heavy atom. The molecule has 7 heavy (non-hydrogen) atoms. The Hall–Kier alpha value is -0.640. The molecular weight excluding hydrogens is 112 g/mol. The van der Waals surface area contributed by atoms with Crippen molar-refractivity contribution in [1.29, 1.82) is 0 Å².